The molecule has 2 heterocycles. The molecule has 1 saturated heterocycles. The first-order valence-electron chi connectivity index (χ1n) is 9.93. The number of nitrogens with zero attached hydrogens (tertiary/aromatic N) is 4. The first-order valence-corrected chi connectivity index (χ1v) is 9.93. The largest absolute Gasteiger partial charge is 0.377 e. The van der Waals surface area contributed by atoms with Crippen LogP contribution in [0.1, 0.15) is 25.0 Å². The summed E-state index contributed by atoms with van der Waals surface area (Å²) in [7, 11) is 0. The highest BCUT2D eigenvalue weighted by Gasteiger charge is 2.33. The normalized spacial score (nSPS) is 18.8. The smallest absolute Gasteiger partial charge is 0.327 e. The van der Waals surface area contributed by atoms with Crippen LogP contribution in [0.5, 0.6) is 0 Å². The van der Waals surface area contributed by atoms with E-state index in [2.05, 4.69) is 27.0 Å². The standard InChI is InChI=1S/C21H26N6O4/c1-13-7-14(2)9-17(8-13)19-22-12-26(25-19)6-5-18(28)23-24-20(29)21(30)27-15(3)10-31-11-16(27)4/h5-9,12,15-16H,10-11H2,1-4H3,(H,23,28)(H,24,29)/b6-5-. The minimum Gasteiger partial charge on any atom is -0.377 e. The van der Waals surface area contributed by atoms with Crippen molar-refractivity contribution < 1.29 is 19.1 Å². The Bertz CT molecular complexity index is 985. The van der Waals surface area contributed by atoms with Crippen LogP contribution in [0.3, 0.4) is 0 Å². The molecule has 10 heteroatoms. The molecule has 0 radical (unpaired) electrons. The number of benzene rings is 1. The number of ether oxygens (including phenoxy) is 1. The van der Waals surface area contributed by atoms with Gasteiger partial charge in [-0.05, 0) is 39.8 Å². The summed E-state index contributed by atoms with van der Waals surface area (Å²) >= 11 is 0. The van der Waals surface area contributed by atoms with Crippen molar-refractivity contribution in [2.45, 2.75) is 39.8 Å². The zero-order chi connectivity index (χ0) is 22.5. The maximum absolute atomic E-state index is 12.4. The molecule has 0 spiro atoms. The van der Waals surface area contributed by atoms with Gasteiger partial charge in [0.05, 0.1) is 25.3 Å². The summed E-state index contributed by atoms with van der Waals surface area (Å²) in [6, 6.07) is 5.56. The number of carbonyl (C=O) groups excluding carboxylic acids is 3. The van der Waals surface area contributed by atoms with Crippen LogP contribution in [-0.4, -0.2) is 62.7 Å². The van der Waals surface area contributed by atoms with E-state index in [1.54, 1.807) is 13.8 Å². The van der Waals surface area contributed by atoms with E-state index in [9.17, 15) is 14.4 Å². The monoisotopic (exact) mass is 426 g/mol. The van der Waals surface area contributed by atoms with Crippen LogP contribution < -0.4 is 10.9 Å². The molecule has 1 aromatic heterocycles. The summed E-state index contributed by atoms with van der Waals surface area (Å²) in [5.74, 6) is -1.72. The minimum absolute atomic E-state index is 0.226. The van der Waals surface area contributed by atoms with Crippen molar-refractivity contribution in [1.82, 2.24) is 30.5 Å². The Balaban J connectivity index is 1.54. The average molecular weight is 426 g/mol. The van der Waals surface area contributed by atoms with Gasteiger partial charge >= 0.3 is 11.8 Å². The lowest BCUT2D eigenvalue weighted by atomic mass is 10.1. The molecule has 3 amide bonds. The minimum atomic E-state index is -0.916. The molecule has 31 heavy (non-hydrogen) atoms. The molecule has 2 aromatic rings. The first kappa shape index (κ1) is 22.2. The SMILES string of the molecule is Cc1cc(C)cc(-c2ncn(/C=C\C(=O)NNC(=O)C(=O)N3C(C)COCC3C)n2)c1. The zero-order valence-electron chi connectivity index (χ0n) is 18.0. The Labute approximate surface area is 180 Å². The Morgan fingerprint density at radius 2 is 1.71 bits per heavy atom. The molecule has 0 bridgehead atoms. The summed E-state index contributed by atoms with van der Waals surface area (Å²) in [5.41, 5.74) is 7.41. The van der Waals surface area contributed by atoms with Gasteiger partial charge in [0.15, 0.2) is 5.82 Å². The summed E-state index contributed by atoms with van der Waals surface area (Å²) < 4.78 is 6.74. The molecule has 3 rings (SSSR count). The molecule has 164 valence electrons. The number of hydrazine groups is 1. The van der Waals surface area contributed by atoms with Gasteiger partial charge in [-0.2, -0.15) is 0 Å². The molecule has 1 aliphatic rings. The molecule has 2 N–H and O–H groups in total. The van der Waals surface area contributed by atoms with Crippen molar-refractivity contribution in [3.63, 3.8) is 0 Å². The Morgan fingerprint density at radius 1 is 1.06 bits per heavy atom. The molecular weight excluding hydrogens is 400 g/mol. The zero-order valence-corrected chi connectivity index (χ0v) is 18.0. The molecule has 0 saturated carbocycles. The van der Waals surface area contributed by atoms with Gasteiger partial charge in [-0.15, -0.1) is 5.10 Å². The van der Waals surface area contributed by atoms with Crippen molar-refractivity contribution >= 4 is 23.9 Å². The number of amides is 3. The number of hydrogen-bond acceptors (Lipinski definition) is 6. The number of nitrogens with one attached hydrogen (secondary N) is 2. The molecule has 1 aromatic carbocycles. The molecular formula is C21H26N6O4. The van der Waals surface area contributed by atoms with Crippen molar-refractivity contribution in [2.75, 3.05) is 13.2 Å². The van der Waals surface area contributed by atoms with E-state index in [1.807, 2.05) is 26.0 Å². The van der Waals surface area contributed by atoms with Crippen LogP contribution in [0.4, 0.5) is 0 Å². The van der Waals surface area contributed by atoms with Gasteiger partial charge in [0.1, 0.15) is 6.33 Å². The summed E-state index contributed by atoms with van der Waals surface area (Å²) in [6.45, 7) is 8.31. The van der Waals surface area contributed by atoms with E-state index in [0.29, 0.717) is 19.0 Å². The lowest BCUT2D eigenvalue weighted by molar-refractivity contribution is -0.155. The fourth-order valence-corrected chi connectivity index (χ4v) is 3.46. The topological polar surface area (TPSA) is 118 Å². The van der Waals surface area contributed by atoms with Gasteiger partial charge in [0.25, 0.3) is 5.91 Å². The summed E-state index contributed by atoms with van der Waals surface area (Å²) in [4.78, 5) is 42.2. The van der Waals surface area contributed by atoms with Crippen LogP contribution in [0.25, 0.3) is 17.6 Å². The predicted octanol–water partition coefficient (Wildman–Crippen LogP) is 0.816. The van der Waals surface area contributed by atoms with Crippen LogP contribution in [0.15, 0.2) is 30.6 Å². The van der Waals surface area contributed by atoms with Crippen molar-refractivity contribution in [1.29, 1.82) is 0 Å². The fraction of sp³-hybridized carbons (Fsp3) is 0.381. The fourth-order valence-electron chi connectivity index (χ4n) is 3.46. The first-order chi connectivity index (χ1) is 14.7. The van der Waals surface area contributed by atoms with E-state index in [4.69, 9.17) is 4.74 Å². The van der Waals surface area contributed by atoms with E-state index in [1.165, 1.54) is 28.2 Å². The van der Waals surface area contributed by atoms with Crippen molar-refractivity contribution in [3.8, 4) is 11.4 Å². The highest BCUT2D eigenvalue weighted by atomic mass is 16.5. The van der Waals surface area contributed by atoms with Gasteiger partial charge in [-0.1, -0.05) is 17.2 Å². The Kier molecular flexibility index (Phi) is 6.81. The second kappa shape index (κ2) is 9.52. The van der Waals surface area contributed by atoms with Crippen LogP contribution >= 0.6 is 0 Å². The number of hydrogen-bond donors (Lipinski definition) is 2. The molecule has 2 unspecified atom stereocenters. The van der Waals surface area contributed by atoms with Crippen LogP contribution in [-0.2, 0) is 19.1 Å². The molecule has 1 fully saturated rings. The third kappa shape index (κ3) is 5.54. The van der Waals surface area contributed by atoms with E-state index in [0.717, 1.165) is 16.7 Å². The van der Waals surface area contributed by atoms with Gasteiger partial charge < -0.3 is 9.64 Å². The van der Waals surface area contributed by atoms with E-state index in [-0.39, 0.29) is 12.1 Å². The van der Waals surface area contributed by atoms with E-state index < -0.39 is 17.7 Å². The third-order valence-electron chi connectivity index (χ3n) is 4.76. The van der Waals surface area contributed by atoms with Gasteiger partial charge in [0.2, 0.25) is 0 Å². The number of aryl methyl sites for hydroxylation is 2. The van der Waals surface area contributed by atoms with Crippen LogP contribution in [0.2, 0.25) is 0 Å². The van der Waals surface area contributed by atoms with Gasteiger partial charge in [-0.25, -0.2) is 9.67 Å². The van der Waals surface area contributed by atoms with Gasteiger partial charge in [-0.3, -0.25) is 25.2 Å². The van der Waals surface area contributed by atoms with Gasteiger partial charge in [0, 0.05) is 17.8 Å². The number of rotatable bonds is 3. The lowest BCUT2D eigenvalue weighted by Crippen LogP contribution is -2.58. The molecule has 10 nitrogen and oxygen atoms in total. The van der Waals surface area contributed by atoms with E-state index >= 15 is 0 Å². The second-order valence-corrected chi connectivity index (χ2v) is 7.63. The van der Waals surface area contributed by atoms with Crippen molar-refractivity contribution in [3.05, 3.63) is 41.7 Å². The Hall–Kier alpha value is -3.53. The van der Waals surface area contributed by atoms with Crippen LogP contribution in [0, 0.1) is 13.8 Å². The summed E-state index contributed by atoms with van der Waals surface area (Å²) in [5, 5.41) is 4.31. The highest BCUT2D eigenvalue weighted by molar-refractivity contribution is 6.35. The molecule has 1 aliphatic heterocycles. The lowest BCUT2D eigenvalue weighted by Gasteiger charge is -2.38. The quantitative estimate of drug-likeness (QED) is 0.426. The summed E-state index contributed by atoms with van der Waals surface area (Å²) in [6.07, 6.45) is 4.04. The molecule has 0 aliphatic carbocycles. The number of morpholine rings is 1. The second-order valence-electron chi connectivity index (χ2n) is 7.63. The maximum atomic E-state index is 12.4. The molecule has 2 atom stereocenters. The average Bonchev–Trinajstić information content (AvgIpc) is 3.18. The predicted molar refractivity (Wildman–Crippen MR) is 113 cm³/mol. The number of aromatic nitrogens is 3. The van der Waals surface area contributed by atoms with Crippen molar-refractivity contribution in [2.24, 2.45) is 0 Å². The highest BCUT2D eigenvalue weighted by Crippen LogP contribution is 2.18. The Morgan fingerprint density at radius 3 is 2.35 bits per heavy atom. The maximum Gasteiger partial charge on any atom is 0.327 e. The number of carbonyl (C=O) groups is 3. The third-order valence-corrected chi connectivity index (χ3v) is 4.76.